The molecule has 3 aromatic rings. The van der Waals surface area contributed by atoms with Crippen LogP contribution >= 0.6 is 0 Å². The second kappa shape index (κ2) is 9.38. The van der Waals surface area contributed by atoms with Crippen LogP contribution in [0.25, 0.3) is 0 Å². The first-order valence-electron chi connectivity index (χ1n) is 11.6. The topological polar surface area (TPSA) is 161 Å². The fourth-order valence-electron chi connectivity index (χ4n) is 4.59. The number of Topliss-reactive ketones (excluding diaryl/α,β-unsaturated/α-hetero) is 1. The summed E-state index contributed by atoms with van der Waals surface area (Å²) in [7, 11) is -4.32. The molecule has 0 bridgehead atoms. The molecule has 38 heavy (non-hydrogen) atoms. The van der Waals surface area contributed by atoms with E-state index in [2.05, 4.69) is 14.7 Å². The SMILES string of the molecule is CC1(c2ccccn2)C(=O)C(C2=NS(=O)(=O)c3cc(OCC(N)=O)ccc3N2)C(=O)N1Cc1ccccc1. The van der Waals surface area contributed by atoms with Gasteiger partial charge in [0.15, 0.2) is 18.3 Å². The largest absolute Gasteiger partial charge is 0.484 e. The summed E-state index contributed by atoms with van der Waals surface area (Å²) < 4.78 is 35.3. The van der Waals surface area contributed by atoms with Crippen molar-refractivity contribution in [2.45, 2.75) is 23.9 Å². The molecule has 0 spiro atoms. The Hall–Kier alpha value is -4.58. The molecule has 11 nitrogen and oxygen atoms in total. The molecule has 194 valence electrons. The van der Waals surface area contributed by atoms with Gasteiger partial charge in [-0.1, -0.05) is 36.4 Å². The zero-order valence-electron chi connectivity index (χ0n) is 20.2. The molecule has 0 saturated carbocycles. The maximum atomic E-state index is 14.0. The monoisotopic (exact) mass is 533 g/mol. The molecule has 1 aromatic heterocycles. The van der Waals surface area contributed by atoms with E-state index in [1.807, 2.05) is 30.3 Å². The van der Waals surface area contributed by atoms with Gasteiger partial charge in [-0.3, -0.25) is 19.4 Å². The minimum atomic E-state index is -4.32. The Kier molecular flexibility index (Phi) is 6.19. The average molecular weight is 534 g/mol. The highest BCUT2D eigenvalue weighted by Gasteiger charge is 2.59. The molecule has 1 fully saturated rings. The number of sulfonamides is 1. The van der Waals surface area contributed by atoms with Gasteiger partial charge in [0, 0.05) is 18.8 Å². The number of pyridine rings is 1. The molecule has 2 amide bonds. The summed E-state index contributed by atoms with van der Waals surface area (Å²) in [6, 6.07) is 18.3. The number of ketones is 1. The van der Waals surface area contributed by atoms with Crippen molar-refractivity contribution >= 4 is 39.1 Å². The molecule has 0 radical (unpaired) electrons. The predicted molar refractivity (Wildman–Crippen MR) is 136 cm³/mol. The number of nitrogens with zero attached hydrogens (tertiary/aromatic N) is 3. The first kappa shape index (κ1) is 25.1. The predicted octanol–water partition coefficient (Wildman–Crippen LogP) is 1.60. The van der Waals surface area contributed by atoms with Crippen LogP contribution in [0.15, 0.2) is 82.2 Å². The van der Waals surface area contributed by atoms with E-state index < -0.39 is 45.7 Å². The molecular formula is C26H23N5O6S. The van der Waals surface area contributed by atoms with E-state index in [9.17, 15) is 22.8 Å². The van der Waals surface area contributed by atoms with Crippen molar-refractivity contribution in [3.63, 3.8) is 0 Å². The van der Waals surface area contributed by atoms with Gasteiger partial charge >= 0.3 is 0 Å². The normalized spacial score (nSPS) is 21.9. The molecule has 2 aliphatic heterocycles. The van der Waals surface area contributed by atoms with Gasteiger partial charge < -0.3 is 20.7 Å². The standard InChI is InChI=1S/C26H23N5O6S/c1-26(20-9-5-6-12-28-20)23(33)22(25(34)31(26)14-16-7-3-2-4-8-16)24-29-18-11-10-17(37-15-21(27)32)13-19(18)38(35,36)30-24/h2-13,22H,14-15H2,1H3,(H2,27,32)(H,29,30). The van der Waals surface area contributed by atoms with Crippen LogP contribution < -0.4 is 15.8 Å². The fraction of sp³-hybridized carbons (Fsp3) is 0.192. The number of aromatic nitrogens is 1. The van der Waals surface area contributed by atoms with Gasteiger partial charge in [0.2, 0.25) is 5.91 Å². The fourth-order valence-corrected chi connectivity index (χ4v) is 5.76. The van der Waals surface area contributed by atoms with Crippen LogP contribution in [0, 0.1) is 5.92 Å². The van der Waals surface area contributed by atoms with Crippen molar-refractivity contribution < 1.29 is 27.5 Å². The first-order chi connectivity index (χ1) is 18.1. The van der Waals surface area contributed by atoms with E-state index in [4.69, 9.17) is 10.5 Å². The van der Waals surface area contributed by atoms with E-state index in [1.165, 1.54) is 29.3 Å². The Morgan fingerprint density at radius 2 is 1.84 bits per heavy atom. The molecular weight excluding hydrogens is 510 g/mol. The van der Waals surface area contributed by atoms with Gasteiger partial charge in [0.1, 0.15) is 22.0 Å². The minimum absolute atomic E-state index is 0.0938. The second-order valence-corrected chi connectivity index (χ2v) is 10.6. The molecule has 2 unspecified atom stereocenters. The van der Waals surface area contributed by atoms with E-state index in [1.54, 1.807) is 25.1 Å². The Morgan fingerprint density at radius 3 is 2.53 bits per heavy atom. The number of anilines is 1. The van der Waals surface area contributed by atoms with Crippen LogP contribution in [-0.2, 0) is 36.5 Å². The third-order valence-corrected chi connectivity index (χ3v) is 7.84. The van der Waals surface area contributed by atoms with E-state index >= 15 is 0 Å². The van der Waals surface area contributed by atoms with Crippen LogP contribution in [0.5, 0.6) is 5.75 Å². The van der Waals surface area contributed by atoms with Crippen LogP contribution in [-0.4, -0.2) is 48.3 Å². The number of fused-ring (bicyclic) bond motifs is 1. The third kappa shape index (κ3) is 4.28. The number of hydrogen-bond acceptors (Lipinski definition) is 8. The number of likely N-dealkylation sites (tertiary alicyclic amines) is 1. The Balaban J connectivity index is 1.55. The van der Waals surface area contributed by atoms with Crippen molar-refractivity contribution in [1.29, 1.82) is 0 Å². The second-order valence-electron chi connectivity index (χ2n) is 8.98. The quantitative estimate of drug-likeness (QED) is 0.433. The van der Waals surface area contributed by atoms with E-state index in [0.717, 1.165) is 5.56 Å². The third-order valence-electron chi connectivity index (χ3n) is 6.51. The molecule has 5 rings (SSSR count). The van der Waals surface area contributed by atoms with Crippen LogP contribution in [0.3, 0.4) is 0 Å². The highest BCUT2D eigenvalue weighted by molar-refractivity contribution is 7.90. The van der Waals surface area contributed by atoms with Crippen molar-refractivity contribution in [2.75, 3.05) is 11.9 Å². The van der Waals surface area contributed by atoms with Gasteiger partial charge in [-0.25, -0.2) is 0 Å². The van der Waals surface area contributed by atoms with Gasteiger partial charge in [-0.2, -0.15) is 8.42 Å². The Bertz CT molecular complexity index is 1580. The van der Waals surface area contributed by atoms with Gasteiger partial charge in [-0.05, 0) is 36.8 Å². The number of ether oxygens (including phenoxy) is 1. The van der Waals surface area contributed by atoms with Crippen molar-refractivity contribution in [3.8, 4) is 5.75 Å². The first-order valence-corrected chi connectivity index (χ1v) is 13.0. The van der Waals surface area contributed by atoms with Crippen LogP contribution in [0.1, 0.15) is 18.2 Å². The molecule has 3 heterocycles. The Labute approximate surface area is 218 Å². The number of nitrogens with one attached hydrogen (secondary N) is 1. The zero-order valence-corrected chi connectivity index (χ0v) is 21.0. The summed E-state index contributed by atoms with van der Waals surface area (Å²) in [6.45, 7) is 1.27. The van der Waals surface area contributed by atoms with Crippen LogP contribution in [0.2, 0.25) is 0 Å². The summed E-state index contributed by atoms with van der Waals surface area (Å²) in [4.78, 5) is 44.4. The molecule has 2 aromatic carbocycles. The number of amidine groups is 1. The van der Waals surface area contributed by atoms with Crippen molar-refractivity contribution in [1.82, 2.24) is 9.88 Å². The summed E-state index contributed by atoms with van der Waals surface area (Å²) in [5.41, 5.74) is 4.86. The Morgan fingerprint density at radius 1 is 1.11 bits per heavy atom. The number of rotatable bonds is 7. The number of primary amides is 1. The van der Waals surface area contributed by atoms with Gasteiger partial charge in [-0.15, -0.1) is 4.40 Å². The molecule has 0 aliphatic carbocycles. The van der Waals surface area contributed by atoms with E-state index in [0.29, 0.717) is 5.69 Å². The lowest BCUT2D eigenvalue weighted by Crippen LogP contribution is -2.44. The number of carbonyl (C=O) groups is 3. The van der Waals surface area contributed by atoms with Gasteiger partial charge in [0.05, 0.1) is 11.4 Å². The molecule has 12 heteroatoms. The molecule has 2 aliphatic rings. The number of nitrogens with two attached hydrogens (primary N) is 1. The molecule has 2 atom stereocenters. The molecule has 3 N–H and O–H groups in total. The smallest absolute Gasteiger partial charge is 0.286 e. The number of carbonyl (C=O) groups excluding carboxylic acids is 3. The summed E-state index contributed by atoms with van der Waals surface area (Å²) >= 11 is 0. The zero-order chi connectivity index (χ0) is 27.1. The maximum Gasteiger partial charge on any atom is 0.286 e. The van der Waals surface area contributed by atoms with E-state index in [-0.39, 0.29) is 28.7 Å². The number of benzene rings is 2. The lowest BCUT2D eigenvalue weighted by atomic mass is 9.87. The minimum Gasteiger partial charge on any atom is -0.484 e. The number of amides is 2. The summed E-state index contributed by atoms with van der Waals surface area (Å²) in [5.74, 6) is -3.58. The lowest BCUT2D eigenvalue weighted by Gasteiger charge is -2.33. The highest BCUT2D eigenvalue weighted by Crippen LogP contribution is 2.42. The van der Waals surface area contributed by atoms with Crippen molar-refractivity contribution in [2.24, 2.45) is 16.0 Å². The van der Waals surface area contributed by atoms with Crippen LogP contribution in [0.4, 0.5) is 5.69 Å². The summed E-state index contributed by atoms with van der Waals surface area (Å²) in [5, 5.41) is 2.86. The maximum absolute atomic E-state index is 14.0. The van der Waals surface area contributed by atoms with Gasteiger partial charge in [0.25, 0.3) is 15.9 Å². The average Bonchev–Trinajstić information content (AvgIpc) is 3.09. The number of hydrogen-bond donors (Lipinski definition) is 2. The molecule has 1 saturated heterocycles. The van der Waals surface area contributed by atoms with Crippen molar-refractivity contribution in [3.05, 3.63) is 84.2 Å². The lowest BCUT2D eigenvalue weighted by molar-refractivity contribution is -0.134. The summed E-state index contributed by atoms with van der Waals surface area (Å²) in [6.07, 6.45) is 1.53. The highest BCUT2D eigenvalue weighted by atomic mass is 32.2.